The second-order valence-corrected chi connectivity index (χ2v) is 7.96. The van der Waals surface area contributed by atoms with Crippen LogP contribution >= 0.6 is 11.6 Å². The first kappa shape index (κ1) is 21.5. The van der Waals surface area contributed by atoms with Gasteiger partial charge in [0.15, 0.2) is 5.78 Å². The van der Waals surface area contributed by atoms with Crippen LogP contribution in [0.25, 0.3) is 0 Å². The number of carbonyl (C=O) groups excluding carboxylic acids is 1. The Bertz CT molecular complexity index is 870. The third-order valence-electron chi connectivity index (χ3n) is 5.65. The number of carbonyl (C=O) groups is 1. The highest BCUT2D eigenvalue weighted by molar-refractivity contribution is 6.30. The third kappa shape index (κ3) is 4.51. The van der Waals surface area contributed by atoms with Crippen LogP contribution in [0.4, 0.5) is 0 Å². The molecular weight excluding hydrogens is 392 g/mol. The van der Waals surface area contributed by atoms with Crippen molar-refractivity contribution in [3.63, 3.8) is 0 Å². The lowest BCUT2D eigenvalue weighted by Gasteiger charge is -2.34. The Morgan fingerprint density at radius 1 is 1.07 bits per heavy atom. The molecule has 156 valence electrons. The predicted octanol–water partition coefficient (Wildman–Crippen LogP) is 5.03. The van der Waals surface area contributed by atoms with Crippen LogP contribution in [0.1, 0.15) is 60.0 Å². The molecule has 0 bridgehead atoms. The van der Waals surface area contributed by atoms with Crippen LogP contribution in [0.15, 0.2) is 30.3 Å². The van der Waals surface area contributed by atoms with Gasteiger partial charge in [-0.05, 0) is 37.0 Å². The SMILES string of the molecule is COc1cc(OC)c(C2(O)CCCCC2)c(O)c1C(=O)CCc1ccc(Cl)cc1. The molecule has 0 aliphatic heterocycles. The molecule has 6 heteroatoms. The molecular formula is C23H27ClO5. The minimum atomic E-state index is -1.22. The van der Waals surface area contributed by atoms with Crippen LogP contribution in [0.3, 0.4) is 0 Å². The van der Waals surface area contributed by atoms with E-state index in [4.69, 9.17) is 21.1 Å². The summed E-state index contributed by atoms with van der Waals surface area (Å²) in [7, 11) is 2.92. The second kappa shape index (κ2) is 9.06. The number of aliphatic hydroxyl groups is 1. The molecule has 0 unspecified atom stereocenters. The van der Waals surface area contributed by atoms with Crippen LogP contribution in [0, 0.1) is 0 Å². The maximum absolute atomic E-state index is 13.0. The fourth-order valence-corrected chi connectivity index (χ4v) is 4.21. The van der Waals surface area contributed by atoms with Gasteiger partial charge < -0.3 is 19.7 Å². The average molecular weight is 419 g/mol. The van der Waals surface area contributed by atoms with Gasteiger partial charge >= 0.3 is 0 Å². The molecule has 3 rings (SSSR count). The molecule has 0 spiro atoms. The number of hydrogen-bond donors (Lipinski definition) is 2. The highest BCUT2D eigenvalue weighted by Gasteiger charge is 2.39. The number of hydrogen-bond acceptors (Lipinski definition) is 5. The van der Waals surface area contributed by atoms with E-state index in [-0.39, 0.29) is 34.8 Å². The number of Topliss-reactive ketones (excluding diaryl/α,β-unsaturated/α-hetero) is 1. The molecule has 2 aromatic rings. The lowest BCUT2D eigenvalue weighted by Crippen LogP contribution is -2.29. The van der Waals surface area contributed by atoms with Crippen molar-refractivity contribution in [1.29, 1.82) is 0 Å². The van der Waals surface area contributed by atoms with Crippen molar-refractivity contribution in [2.75, 3.05) is 14.2 Å². The van der Waals surface area contributed by atoms with Crippen molar-refractivity contribution in [1.82, 2.24) is 0 Å². The van der Waals surface area contributed by atoms with E-state index >= 15 is 0 Å². The Morgan fingerprint density at radius 3 is 2.28 bits per heavy atom. The number of phenolic OH excluding ortho intramolecular Hbond substituents is 1. The molecule has 1 saturated carbocycles. The number of benzene rings is 2. The Labute approximate surface area is 176 Å². The van der Waals surface area contributed by atoms with E-state index in [1.165, 1.54) is 14.2 Å². The van der Waals surface area contributed by atoms with E-state index in [1.807, 2.05) is 12.1 Å². The first-order valence-electron chi connectivity index (χ1n) is 9.88. The summed E-state index contributed by atoms with van der Waals surface area (Å²) in [5.41, 5.74) is 0.137. The highest BCUT2D eigenvalue weighted by atomic mass is 35.5. The first-order chi connectivity index (χ1) is 13.9. The number of ether oxygens (including phenoxy) is 2. The van der Waals surface area contributed by atoms with Gasteiger partial charge in [-0.25, -0.2) is 0 Å². The molecule has 2 N–H and O–H groups in total. The topological polar surface area (TPSA) is 76.0 Å². The average Bonchev–Trinajstić information content (AvgIpc) is 2.72. The molecule has 0 saturated heterocycles. The fraction of sp³-hybridized carbons (Fsp3) is 0.435. The Balaban J connectivity index is 1.97. The van der Waals surface area contributed by atoms with E-state index < -0.39 is 5.60 Å². The van der Waals surface area contributed by atoms with Crippen LogP contribution < -0.4 is 9.47 Å². The zero-order valence-electron chi connectivity index (χ0n) is 16.8. The molecule has 1 aliphatic carbocycles. The quantitative estimate of drug-likeness (QED) is 0.616. The molecule has 1 aliphatic rings. The van der Waals surface area contributed by atoms with Gasteiger partial charge in [0, 0.05) is 17.5 Å². The van der Waals surface area contributed by atoms with Crippen molar-refractivity contribution in [3.05, 3.63) is 52.0 Å². The Kier molecular flexibility index (Phi) is 6.70. The van der Waals surface area contributed by atoms with Gasteiger partial charge in [-0.3, -0.25) is 4.79 Å². The van der Waals surface area contributed by atoms with Gasteiger partial charge in [0.2, 0.25) is 0 Å². The standard InChI is InChI=1S/C23H27ClO5/c1-28-18-14-19(29-2)21(23(27)12-4-3-5-13-23)22(26)20(18)17(25)11-8-15-6-9-16(24)10-7-15/h6-7,9-10,14,26-27H,3-5,8,11-13H2,1-2H3. The second-order valence-electron chi connectivity index (χ2n) is 7.52. The monoisotopic (exact) mass is 418 g/mol. The van der Waals surface area contributed by atoms with E-state index in [0.717, 1.165) is 24.8 Å². The zero-order chi connectivity index (χ0) is 21.0. The maximum atomic E-state index is 13.0. The van der Waals surface area contributed by atoms with Crippen molar-refractivity contribution in [2.45, 2.75) is 50.5 Å². The number of aromatic hydroxyl groups is 1. The van der Waals surface area contributed by atoms with Gasteiger partial charge in [0.05, 0.1) is 25.4 Å². The molecule has 5 nitrogen and oxygen atoms in total. The van der Waals surface area contributed by atoms with E-state index in [2.05, 4.69) is 0 Å². The van der Waals surface area contributed by atoms with Crippen molar-refractivity contribution >= 4 is 17.4 Å². The van der Waals surface area contributed by atoms with Crippen molar-refractivity contribution < 1.29 is 24.5 Å². The molecule has 29 heavy (non-hydrogen) atoms. The molecule has 2 aromatic carbocycles. The highest BCUT2D eigenvalue weighted by Crippen LogP contribution is 2.49. The van der Waals surface area contributed by atoms with Crippen LogP contribution in [0.2, 0.25) is 5.02 Å². The fourth-order valence-electron chi connectivity index (χ4n) is 4.08. The number of rotatable bonds is 7. The largest absolute Gasteiger partial charge is 0.506 e. The van der Waals surface area contributed by atoms with Gasteiger partial charge in [0.25, 0.3) is 0 Å². The van der Waals surface area contributed by atoms with Crippen LogP contribution in [-0.2, 0) is 12.0 Å². The summed E-state index contributed by atoms with van der Waals surface area (Å²) < 4.78 is 10.8. The number of phenols is 1. The van der Waals surface area contributed by atoms with Crippen molar-refractivity contribution in [2.24, 2.45) is 0 Å². The number of methoxy groups -OCH3 is 2. The number of aryl methyl sites for hydroxylation is 1. The van der Waals surface area contributed by atoms with Gasteiger partial charge in [-0.2, -0.15) is 0 Å². The summed E-state index contributed by atoms with van der Waals surface area (Å²) in [5.74, 6) is 0.0749. The summed E-state index contributed by atoms with van der Waals surface area (Å²) in [6.07, 6.45) is 4.47. The van der Waals surface area contributed by atoms with E-state index in [9.17, 15) is 15.0 Å². The molecule has 1 fully saturated rings. The van der Waals surface area contributed by atoms with Crippen molar-refractivity contribution in [3.8, 4) is 17.2 Å². The molecule has 0 radical (unpaired) electrons. The summed E-state index contributed by atoms with van der Waals surface area (Å²) >= 11 is 5.91. The van der Waals surface area contributed by atoms with Crippen LogP contribution in [0.5, 0.6) is 17.2 Å². The summed E-state index contributed by atoms with van der Waals surface area (Å²) in [6, 6.07) is 8.89. The number of ketones is 1. The lowest BCUT2D eigenvalue weighted by atomic mass is 9.78. The van der Waals surface area contributed by atoms with E-state index in [1.54, 1.807) is 18.2 Å². The molecule has 0 heterocycles. The summed E-state index contributed by atoms with van der Waals surface area (Å²) in [6.45, 7) is 0. The zero-order valence-corrected chi connectivity index (χ0v) is 17.6. The third-order valence-corrected chi connectivity index (χ3v) is 5.90. The van der Waals surface area contributed by atoms with E-state index in [0.29, 0.717) is 30.0 Å². The smallest absolute Gasteiger partial charge is 0.170 e. The van der Waals surface area contributed by atoms with Gasteiger partial charge in [-0.1, -0.05) is 43.0 Å². The van der Waals surface area contributed by atoms with Crippen LogP contribution in [-0.4, -0.2) is 30.2 Å². The Hall–Kier alpha value is -2.24. The summed E-state index contributed by atoms with van der Waals surface area (Å²) in [5, 5.41) is 22.9. The number of halogens is 1. The first-order valence-corrected chi connectivity index (χ1v) is 10.3. The molecule has 0 amide bonds. The predicted molar refractivity (Wildman–Crippen MR) is 112 cm³/mol. The maximum Gasteiger partial charge on any atom is 0.170 e. The minimum Gasteiger partial charge on any atom is -0.506 e. The molecule has 0 aromatic heterocycles. The van der Waals surface area contributed by atoms with Gasteiger partial charge in [0.1, 0.15) is 22.8 Å². The van der Waals surface area contributed by atoms with Gasteiger partial charge in [-0.15, -0.1) is 0 Å². The normalized spacial score (nSPS) is 15.7. The minimum absolute atomic E-state index is 0.0938. The Morgan fingerprint density at radius 2 is 1.69 bits per heavy atom. The molecule has 0 atom stereocenters. The lowest BCUT2D eigenvalue weighted by molar-refractivity contribution is -0.00463. The summed E-state index contributed by atoms with van der Waals surface area (Å²) in [4.78, 5) is 13.0.